The Morgan fingerprint density at radius 2 is 1.69 bits per heavy atom. The second-order valence-electron chi connectivity index (χ2n) is 3.77. The van der Waals surface area contributed by atoms with E-state index < -0.39 is 12.1 Å². The number of esters is 1. The highest BCUT2D eigenvalue weighted by Gasteiger charge is 2.26. The van der Waals surface area contributed by atoms with Gasteiger partial charge >= 0.3 is 5.97 Å². The van der Waals surface area contributed by atoms with Crippen molar-refractivity contribution in [2.45, 2.75) is 51.6 Å². The number of Topliss-reactive ketones (excluding diaryl/α,β-unsaturated/α-hetero) is 1. The molecule has 16 heavy (non-hydrogen) atoms. The van der Waals surface area contributed by atoms with E-state index in [1.165, 1.54) is 27.1 Å². The summed E-state index contributed by atoms with van der Waals surface area (Å²) in [7, 11) is 2.60. The minimum atomic E-state index is -1.05. The van der Waals surface area contributed by atoms with Gasteiger partial charge in [0.2, 0.25) is 6.10 Å². The van der Waals surface area contributed by atoms with Crippen LogP contribution in [0.2, 0.25) is 0 Å². The summed E-state index contributed by atoms with van der Waals surface area (Å²) in [6, 6.07) is 0. The second kappa shape index (κ2) is 9.33. The van der Waals surface area contributed by atoms with Gasteiger partial charge in [0.1, 0.15) is 0 Å². The van der Waals surface area contributed by atoms with Crippen molar-refractivity contribution in [3.05, 3.63) is 0 Å². The lowest BCUT2D eigenvalue weighted by Gasteiger charge is -2.11. The van der Waals surface area contributed by atoms with Crippen molar-refractivity contribution in [3.63, 3.8) is 0 Å². The molecule has 0 aliphatic heterocycles. The fraction of sp³-hybridized carbons (Fsp3) is 0.833. The smallest absolute Gasteiger partial charge is 0.342 e. The third-order valence-electron chi connectivity index (χ3n) is 2.47. The third-order valence-corrected chi connectivity index (χ3v) is 2.47. The number of carbonyl (C=O) groups is 2. The predicted molar refractivity (Wildman–Crippen MR) is 61.2 cm³/mol. The summed E-state index contributed by atoms with van der Waals surface area (Å²) >= 11 is 0. The number of unbranched alkanes of at least 4 members (excludes halogenated alkanes) is 4. The standard InChI is InChI=1S/C12H22O4/c1-4-5-6-7-8-9-10(13)11(15-2)12(14)16-3/h11H,4-9H2,1-3H3. The number of carbonyl (C=O) groups excluding carboxylic acids is 2. The summed E-state index contributed by atoms with van der Waals surface area (Å²) in [4.78, 5) is 22.7. The molecule has 1 unspecified atom stereocenters. The predicted octanol–water partition coefficient (Wildman–Crippen LogP) is 2.10. The SMILES string of the molecule is CCCCCCCC(=O)C(OC)C(=O)OC. The molecule has 4 nitrogen and oxygen atoms in total. The zero-order chi connectivity index (χ0) is 12.4. The molecule has 0 bridgehead atoms. The van der Waals surface area contributed by atoms with Gasteiger partial charge in [-0.05, 0) is 6.42 Å². The number of hydrogen-bond acceptors (Lipinski definition) is 4. The highest BCUT2D eigenvalue weighted by molar-refractivity contribution is 6.01. The lowest BCUT2D eigenvalue weighted by molar-refractivity contribution is -0.157. The maximum Gasteiger partial charge on any atom is 0.342 e. The minimum absolute atomic E-state index is 0.189. The van der Waals surface area contributed by atoms with E-state index in [-0.39, 0.29) is 5.78 Å². The molecule has 0 rings (SSSR count). The van der Waals surface area contributed by atoms with Crippen LogP contribution in [0.25, 0.3) is 0 Å². The Morgan fingerprint density at radius 3 is 2.19 bits per heavy atom. The van der Waals surface area contributed by atoms with E-state index in [2.05, 4.69) is 11.7 Å². The maximum absolute atomic E-state index is 11.6. The van der Waals surface area contributed by atoms with E-state index in [9.17, 15) is 9.59 Å². The molecule has 0 saturated carbocycles. The van der Waals surface area contributed by atoms with Crippen molar-refractivity contribution < 1.29 is 19.1 Å². The van der Waals surface area contributed by atoms with Gasteiger partial charge in [0.25, 0.3) is 0 Å². The molecule has 0 aromatic rings. The molecule has 0 aliphatic carbocycles. The Hall–Kier alpha value is -0.900. The number of ether oxygens (including phenoxy) is 2. The lowest BCUT2D eigenvalue weighted by atomic mass is 10.1. The van der Waals surface area contributed by atoms with Crippen molar-refractivity contribution in [1.29, 1.82) is 0 Å². The van der Waals surface area contributed by atoms with Crippen LogP contribution in [0.3, 0.4) is 0 Å². The van der Waals surface area contributed by atoms with Crippen LogP contribution >= 0.6 is 0 Å². The van der Waals surface area contributed by atoms with E-state index >= 15 is 0 Å². The van der Waals surface area contributed by atoms with Gasteiger partial charge in [-0.3, -0.25) is 4.79 Å². The minimum Gasteiger partial charge on any atom is -0.467 e. The summed E-state index contributed by atoms with van der Waals surface area (Å²) in [6.45, 7) is 2.14. The van der Waals surface area contributed by atoms with Crippen LogP contribution in [0.5, 0.6) is 0 Å². The normalized spacial score (nSPS) is 12.2. The van der Waals surface area contributed by atoms with Gasteiger partial charge in [-0.2, -0.15) is 0 Å². The molecular formula is C12H22O4. The summed E-state index contributed by atoms with van der Waals surface area (Å²) in [6.07, 6.45) is 4.69. The van der Waals surface area contributed by atoms with Crippen LogP contribution < -0.4 is 0 Å². The van der Waals surface area contributed by atoms with E-state index in [0.29, 0.717) is 6.42 Å². The van der Waals surface area contributed by atoms with Crippen LogP contribution in [0.1, 0.15) is 45.4 Å². The Balaban J connectivity index is 3.80. The van der Waals surface area contributed by atoms with E-state index in [0.717, 1.165) is 19.3 Å². The van der Waals surface area contributed by atoms with Crippen molar-refractivity contribution in [3.8, 4) is 0 Å². The summed E-state index contributed by atoms with van der Waals surface area (Å²) in [5, 5.41) is 0. The van der Waals surface area contributed by atoms with Crippen molar-refractivity contribution in [1.82, 2.24) is 0 Å². The van der Waals surface area contributed by atoms with Crippen LogP contribution in [-0.2, 0) is 19.1 Å². The van der Waals surface area contributed by atoms with Crippen molar-refractivity contribution in [2.24, 2.45) is 0 Å². The van der Waals surface area contributed by atoms with Crippen LogP contribution in [0.4, 0.5) is 0 Å². The fourth-order valence-corrected chi connectivity index (χ4v) is 1.50. The quantitative estimate of drug-likeness (QED) is 0.346. The second-order valence-corrected chi connectivity index (χ2v) is 3.77. The Kier molecular flexibility index (Phi) is 8.81. The van der Waals surface area contributed by atoms with Crippen molar-refractivity contribution >= 4 is 11.8 Å². The molecule has 0 aromatic carbocycles. The average Bonchev–Trinajstić information content (AvgIpc) is 2.29. The zero-order valence-corrected chi connectivity index (χ0v) is 10.5. The first-order chi connectivity index (χ1) is 7.67. The largest absolute Gasteiger partial charge is 0.467 e. The molecule has 0 saturated heterocycles. The highest BCUT2D eigenvalue weighted by atomic mass is 16.6. The molecule has 0 amide bonds. The van der Waals surface area contributed by atoms with E-state index in [1.54, 1.807) is 0 Å². The Labute approximate surface area is 97.3 Å². The van der Waals surface area contributed by atoms with Crippen LogP contribution in [-0.4, -0.2) is 32.1 Å². The average molecular weight is 230 g/mol. The lowest BCUT2D eigenvalue weighted by Crippen LogP contribution is -2.32. The number of methoxy groups -OCH3 is 2. The molecule has 0 fully saturated rings. The van der Waals surface area contributed by atoms with Crippen molar-refractivity contribution in [2.75, 3.05) is 14.2 Å². The first-order valence-electron chi connectivity index (χ1n) is 5.80. The van der Waals surface area contributed by atoms with Gasteiger partial charge in [0.15, 0.2) is 5.78 Å². The van der Waals surface area contributed by atoms with Crippen LogP contribution in [0, 0.1) is 0 Å². The number of hydrogen-bond donors (Lipinski definition) is 0. The molecular weight excluding hydrogens is 208 g/mol. The maximum atomic E-state index is 11.6. The molecule has 0 aliphatic rings. The molecule has 4 heteroatoms. The van der Waals surface area contributed by atoms with Gasteiger partial charge in [-0.25, -0.2) is 4.79 Å². The topological polar surface area (TPSA) is 52.6 Å². The Bertz CT molecular complexity index is 213. The fourth-order valence-electron chi connectivity index (χ4n) is 1.50. The highest BCUT2D eigenvalue weighted by Crippen LogP contribution is 2.08. The summed E-state index contributed by atoms with van der Waals surface area (Å²) < 4.78 is 9.30. The molecule has 0 spiro atoms. The molecule has 0 aromatic heterocycles. The summed E-state index contributed by atoms with van der Waals surface area (Å²) in [5.74, 6) is -0.799. The number of ketones is 1. The van der Waals surface area contributed by atoms with Gasteiger partial charge < -0.3 is 9.47 Å². The Morgan fingerprint density at radius 1 is 1.06 bits per heavy atom. The first kappa shape index (κ1) is 15.1. The number of rotatable bonds is 9. The molecule has 0 N–H and O–H groups in total. The van der Waals surface area contributed by atoms with Gasteiger partial charge in [0.05, 0.1) is 7.11 Å². The molecule has 0 radical (unpaired) electrons. The van der Waals surface area contributed by atoms with Crippen LogP contribution in [0.15, 0.2) is 0 Å². The van der Waals surface area contributed by atoms with Gasteiger partial charge in [0, 0.05) is 13.5 Å². The first-order valence-corrected chi connectivity index (χ1v) is 5.80. The van der Waals surface area contributed by atoms with E-state index in [1.807, 2.05) is 0 Å². The van der Waals surface area contributed by atoms with Gasteiger partial charge in [-0.15, -0.1) is 0 Å². The molecule has 1 atom stereocenters. The molecule has 0 heterocycles. The third kappa shape index (κ3) is 5.85. The molecule has 94 valence electrons. The zero-order valence-electron chi connectivity index (χ0n) is 10.5. The summed E-state index contributed by atoms with van der Waals surface area (Å²) in [5.41, 5.74) is 0. The van der Waals surface area contributed by atoms with E-state index in [4.69, 9.17) is 4.74 Å². The monoisotopic (exact) mass is 230 g/mol. The van der Waals surface area contributed by atoms with Gasteiger partial charge in [-0.1, -0.05) is 32.6 Å².